The summed E-state index contributed by atoms with van der Waals surface area (Å²) in [7, 11) is 5.02. The van der Waals surface area contributed by atoms with Crippen LogP contribution in [0.1, 0.15) is 22.3 Å². The molecule has 0 saturated heterocycles. The molecule has 0 aliphatic carbocycles. The van der Waals surface area contributed by atoms with E-state index in [1.165, 1.54) is 66.3 Å². The zero-order chi connectivity index (χ0) is 60.0. The predicted octanol–water partition coefficient (Wildman–Crippen LogP) is 15.7. The largest absolute Gasteiger partial charge is 2.00 e. The van der Waals surface area contributed by atoms with Crippen molar-refractivity contribution in [3.8, 4) is 0 Å². The molecule has 9 heteroatoms. The smallest absolute Gasteiger partial charge is 1.00 e. The minimum atomic E-state index is -1.05. The van der Waals surface area contributed by atoms with Crippen molar-refractivity contribution in [1.29, 1.82) is 0 Å². The third-order valence-electron chi connectivity index (χ3n) is 13.1. The molecule has 0 aliphatic rings. The molecule has 12 aromatic carbocycles. The molecule has 0 bridgehead atoms. The van der Waals surface area contributed by atoms with Crippen LogP contribution in [0, 0.1) is 19.9 Å². The van der Waals surface area contributed by atoms with Crippen molar-refractivity contribution in [1.82, 2.24) is 10.2 Å². The zero-order valence-corrected chi connectivity index (χ0v) is 57.1. The van der Waals surface area contributed by atoms with Crippen molar-refractivity contribution in [2.24, 2.45) is 0 Å². The molecule has 0 aliphatic heterocycles. The molecule has 12 aromatic rings. The molecule has 0 atom stereocenters. The van der Waals surface area contributed by atoms with Gasteiger partial charge in [0.2, 0.25) is 0 Å². The summed E-state index contributed by atoms with van der Waals surface area (Å²) in [5.41, 5.74) is 5.26. The van der Waals surface area contributed by atoms with Crippen LogP contribution in [0.15, 0.2) is 394 Å². The van der Waals surface area contributed by atoms with Crippen molar-refractivity contribution >= 4 is 66.5 Å². The van der Waals surface area contributed by atoms with E-state index in [-0.39, 0.29) is 72.7 Å². The van der Waals surface area contributed by atoms with Crippen LogP contribution in [-0.2, 0) is 56.6 Å². The molecule has 1 N–H and O–H groups in total. The van der Waals surface area contributed by atoms with E-state index < -0.39 is 10.8 Å². The van der Waals surface area contributed by atoms with Crippen molar-refractivity contribution < 1.29 is 21.2 Å². The van der Waals surface area contributed by atoms with Crippen LogP contribution in [0.2, 0.25) is 0 Å². The van der Waals surface area contributed by atoms with Crippen LogP contribution in [-0.4, -0.2) is 53.3 Å². The van der Waals surface area contributed by atoms with E-state index in [2.05, 4.69) is 299 Å². The van der Waals surface area contributed by atoms with Crippen LogP contribution in [0.3, 0.4) is 0 Å². The number of aryl methyl sites for hydroxylation is 2. The molecule has 0 aromatic heterocycles. The third-order valence-corrected chi connectivity index (χ3v) is 21.2. The summed E-state index contributed by atoms with van der Waals surface area (Å²) in [6.45, 7) is 6.08. The summed E-state index contributed by atoms with van der Waals surface area (Å²) in [5.74, 6) is 0. The quantitative estimate of drug-likeness (QED) is 0.0631. The van der Waals surface area contributed by atoms with Gasteiger partial charge in [0.15, 0.2) is 44.1 Å². The van der Waals surface area contributed by atoms with Crippen LogP contribution in [0.25, 0.3) is 0 Å². The molecular weight excluding hydrogens is 1230 g/mol. The Kier molecular flexibility index (Phi) is 31.2. The Bertz CT molecular complexity index is 3610. The summed E-state index contributed by atoms with van der Waals surface area (Å²) >= 11 is 0. The summed E-state index contributed by atoms with van der Waals surface area (Å²) in [6.07, 6.45) is 0. The molecule has 0 spiro atoms. The minimum absolute atomic E-state index is 0. The predicted molar refractivity (Wildman–Crippen MR) is 373 cm³/mol. The van der Waals surface area contributed by atoms with Gasteiger partial charge >= 0.3 is 23.1 Å². The second-order valence-corrected chi connectivity index (χ2v) is 27.7. The van der Waals surface area contributed by atoms with E-state index >= 15 is 0 Å². The van der Waals surface area contributed by atoms with Crippen LogP contribution in [0.5, 0.6) is 0 Å². The van der Waals surface area contributed by atoms with Crippen molar-refractivity contribution in [3.63, 3.8) is 0 Å². The summed E-state index contributed by atoms with van der Waals surface area (Å²) < 4.78 is 12.0. The van der Waals surface area contributed by atoms with Crippen molar-refractivity contribution in [2.75, 3.05) is 21.1 Å². The first-order valence-electron chi connectivity index (χ1n) is 28.8. The first-order chi connectivity index (χ1) is 42.2. The van der Waals surface area contributed by atoms with Crippen LogP contribution < -0.4 is 22.3 Å². The van der Waals surface area contributed by atoms with E-state index in [1.807, 2.05) is 92.0 Å². The fourth-order valence-electron chi connectivity index (χ4n) is 8.98. The van der Waals surface area contributed by atoms with Gasteiger partial charge in [0.05, 0.1) is 43.5 Å². The average molecular weight is 1300 g/mol. The second kappa shape index (κ2) is 39.1. The van der Waals surface area contributed by atoms with Gasteiger partial charge in [0, 0.05) is 22.9 Å². The first kappa shape index (κ1) is 70.1. The van der Waals surface area contributed by atoms with Gasteiger partial charge in [0.25, 0.3) is 0 Å². The Morgan fingerprint density at radius 1 is 0.341 bits per heavy atom. The Morgan fingerprint density at radius 3 is 0.830 bits per heavy atom. The number of hydrogen-bond donors (Lipinski definition) is 1. The number of hydrogen-bond acceptors (Lipinski definition) is 3. The summed E-state index contributed by atoms with van der Waals surface area (Å²) in [5, 5.41) is 3.20. The van der Waals surface area contributed by atoms with E-state index in [9.17, 15) is 4.21 Å². The van der Waals surface area contributed by atoms with Gasteiger partial charge in [-0.1, -0.05) is 194 Å². The fourth-order valence-corrected chi connectivity index (χ4v) is 16.3. The number of rotatable bonds is 15. The summed E-state index contributed by atoms with van der Waals surface area (Å²) in [6, 6.07) is 121. The maximum atomic E-state index is 12.0. The van der Waals surface area contributed by atoms with E-state index in [1.54, 1.807) is 0 Å². The topological polar surface area (TPSA) is 32.3 Å². The van der Waals surface area contributed by atoms with Gasteiger partial charge in [-0.15, -0.1) is 0 Å². The Morgan fingerprint density at radius 2 is 0.580 bits per heavy atom. The van der Waals surface area contributed by atoms with E-state index in [0.717, 1.165) is 22.9 Å². The third kappa shape index (κ3) is 22.6. The second-order valence-electron chi connectivity index (χ2n) is 20.1. The van der Waals surface area contributed by atoms with Crippen LogP contribution in [0.4, 0.5) is 0 Å². The molecule has 438 valence electrons. The molecule has 0 radical (unpaired) electrons. The van der Waals surface area contributed by atoms with Gasteiger partial charge in [-0.05, 0) is 173 Å². The van der Waals surface area contributed by atoms with Crippen molar-refractivity contribution in [2.45, 2.75) is 80.8 Å². The molecule has 12 rings (SSSR count). The SMILES string of the molecule is CN(C)Cc1ccc([S+](c2ccccc2)c2ccccc2)cc1.CNCc1ccc([S+](c2ccccc2)c2ccccc2)cc1.Cc1cc[c-]cc1.Cc1ccc([S+](c2ccccc2)c2ccccc2)cc1.O=S(c1ccccc1)c1ccccc1.[Br-].[Mg+2]. The summed E-state index contributed by atoms with van der Waals surface area (Å²) in [4.78, 5) is 16.1. The average Bonchev–Trinajstić information content (AvgIpc) is 1.96. The van der Waals surface area contributed by atoms with Gasteiger partial charge < -0.3 is 27.2 Å². The molecule has 3 nitrogen and oxygen atoms in total. The Labute approximate surface area is 562 Å². The van der Waals surface area contributed by atoms with Gasteiger partial charge in [-0.2, -0.15) is 35.9 Å². The minimum Gasteiger partial charge on any atom is -1.00 e. The van der Waals surface area contributed by atoms with Crippen molar-refractivity contribution in [3.05, 3.63) is 368 Å². The number of nitrogens with one attached hydrogen (secondary N) is 1. The number of benzene rings is 12. The normalized spacial score (nSPS) is 10.4. The molecule has 88 heavy (non-hydrogen) atoms. The number of halogens is 1. The maximum Gasteiger partial charge on any atom is 2.00 e. The Hall–Kier alpha value is -6.99. The van der Waals surface area contributed by atoms with Gasteiger partial charge in [-0.3, -0.25) is 0 Å². The van der Waals surface area contributed by atoms with Crippen LogP contribution >= 0.6 is 0 Å². The standard InChI is InChI=1S/C21H22NS.C20H20NS.C19H17S.C12H10OS.C7H7.BrH.Mg/c1-22(2)17-18-13-15-21(16-14-18)23(19-9-5-3-6-10-19)20-11-7-4-8-12-20;1-21-16-17-12-14-20(15-13-17)22(18-8-4-2-5-9-18)19-10-6-3-7-11-19;1-16-12-14-19(15-13-16)20(17-8-4-2-5-9-17)18-10-6-3-7-11-18;13-14(11-7-3-1-4-8-11)12-9-5-2-6-10-12;1-7-5-3-2-4-6-7;;/h3-16H,17H2,1-2H3;2-15,21H,16H2,1H3;2-15H,1H3;1-10H;3-6H,1H3;1H;/q3*+1;;-1;;+2/p-1. The molecular formula is C79H76BrMgN2OS4+3. The van der Waals surface area contributed by atoms with Gasteiger partial charge in [0.1, 0.15) is 0 Å². The molecule has 0 unspecified atom stereocenters. The zero-order valence-electron chi connectivity index (χ0n) is 50.8. The Balaban J connectivity index is 0.000000181. The van der Waals surface area contributed by atoms with E-state index in [0.29, 0.717) is 0 Å². The fraction of sp³-hybridized carbons (Fsp3) is 0.0886. The molecule has 0 saturated carbocycles. The molecule has 0 heterocycles. The van der Waals surface area contributed by atoms with Gasteiger partial charge in [-0.25, -0.2) is 4.21 Å². The molecule has 0 amide bonds. The first-order valence-corrected chi connectivity index (χ1v) is 33.6. The maximum absolute atomic E-state index is 12.0. The number of nitrogens with zero attached hydrogens (tertiary/aromatic N) is 1. The molecule has 0 fully saturated rings. The monoisotopic (exact) mass is 1300 g/mol. The van der Waals surface area contributed by atoms with E-state index in [4.69, 9.17) is 0 Å².